The second-order valence-corrected chi connectivity index (χ2v) is 5.20. The second kappa shape index (κ2) is 6.01. The molecule has 1 unspecified atom stereocenters. The number of hydrogen-bond donors (Lipinski definition) is 1. The average Bonchev–Trinajstić information content (AvgIpc) is 2.63. The zero-order valence-electron chi connectivity index (χ0n) is 10.2. The minimum atomic E-state index is 0.0234. The fraction of sp³-hybridized carbons (Fsp3) is 0.583. The van der Waals surface area contributed by atoms with Gasteiger partial charge in [0.1, 0.15) is 0 Å². The number of thiophene rings is 1. The largest absolute Gasteiger partial charge is 0.340 e. The summed E-state index contributed by atoms with van der Waals surface area (Å²) in [6, 6.07) is 2.08. The van der Waals surface area contributed by atoms with E-state index in [1.54, 1.807) is 16.2 Å². The number of carbonyl (C=O) groups is 1. The molecule has 1 heterocycles. The number of nitrogens with two attached hydrogens (primary N) is 1. The minimum absolute atomic E-state index is 0.0234. The summed E-state index contributed by atoms with van der Waals surface area (Å²) < 4.78 is 0. The van der Waals surface area contributed by atoms with Crippen LogP contribution in [0.2, 0.25) is 0 Å². The van der Waals surface area contributed by atoms with Crippen molar-refractivity contribution >= 4 is 17.2 Å². The van der Waals surface area contributed by atoms with Gasteiger partial charge in [-0.1, -0.05) is 6.92 Å². The van der Waals surface area contributed by atoms with E-state index in [-0.39, 0.29) is 11.8 Å². The Bertz CT molecular complexity index is 349. The van der Waals surface area contributed by atoms with Crippen LogP contribution in [0.4, 0.5) is 0 Å². The van der Waals surface area contributed by atoms with Crippen molar-refractivity contribution in [2.45, 2.75) is 26.8 Å². The lowest BCUT2D eigenvalue weighted by Gasteiger charge is -2.20. The van der Waals surface area contributed by atoms with Gasteiger partial charge in [-0.25, -0.2) is 0 Å². The van der Waals surface area contributed by atoms with Crippen LogP contribution in [0, 0.1) is 12.8 Å². The van der Waals surface area contributed by atoms with Gasteiger partial charge in [-0.05, 0) is 36.9 Å². The SMILES string of the molecule is Cc1ccsc1CN(C)C(=O)C(C)CCN. The lowest BCUT2D eigenvalue weighted by Crippen LogP contribution is -2.32. The lowest BCUT2D eigenvalue weighted by molar-refractivity contribution is -0.134. The van der Waals surface area contributed by atoms with Crippen molar-refractivity contribution in [2.75, 3.05) is 13.6 Å². The molecule has 0 radical (unpaired) electrons. The third kappa shape index (κ3) is 3.32. The van der Waals surface area contributed by atoms with Crippen molar-refractivity contribution in [3.63, 3.8) is 0 Å². The molecule has 0 saturated carbocycles. The minimum Gasteiger partial charge on any atom is -0.340 e. The smallest absolute Gasteiger partial charge is 0.225 e. The summed E-state index contributed by atoms with van der Waals surface area (Å²) in [4.78, 5) is 15.0. The van der Waals surface area contributed by atoms with Gasteiger partial charge in [0.05, 0.1) is 6.54 Å². The first-order chi connectivity index (χ1) is 7.56. The van der Waals surface area contributed by atoms with Crippen LogP contribution >= 0.6 is 11.3 Å². The summed E-state index contributed by atoms with van der Waals surface area (Å²) in [5.74, 6) is 0.202. The van der Waals surface area contributed by atoms with E-state index >= 15 is 0 Å². The molecule has 0 bridgehead atoms. The van der Waals surface area contributed by atoms with Crippen molar-refractivity contribution in [1.82, 2.24) is 4.90 Å². The van der Waals surface area contributed by atoms with Gasteiger partial charge in [0.15, 0.2) is 0 Å². The Morgan fingerprint density at radius 2 is 2.31 bits per heavy atom. The molecule has 0 fully saturated rings. The standard InChI is InChI=1S/C12H20N2OS/c1-9-5-7-16-11(9)8-14(3)12(15)10(2)4-6-13/h5,7,10H,4,6,8,13H2,1-3H3. The molecule has 1 aromatic rings. The Labute approximate surface area is 101 Å². The van der Waals surface area contributed by atoms with E-state index < -0.39 is 0 Å². The molecule has 0 aliphatic rings. The van der Waals surface area contributed by atoms with Gasteiger partial charge in [-0.3, -0.25) is 4.79 Å². The van der Waals surface area contributed by atoms with E-state index in [2.05, 4.69) is 18.4 Å². The number of aryl methyl sites for hydroxylation is 1. The molecule has 0 aliphatic heterocycles. The topological polar surface area (TPSA) is 46.3 Å². The third-order valence-electron chi connectivity index (χ3n) is 2.75. The Hall–Kier alpha value is -0.870. The fourth-order valence-corrected chi connectivity index (χ4v) is 2.57. The molecule has 2 N–H and O–H groups in total. The van der Waals surface area contributed by atoms with Crippen LogP contribution in [0.3, 0.4) is 0 Å². The monoisotopic (exact) mass is 240 g/mol. The van der Waals surface area contributed by atoms with Gasteiger partial charge < -0.3 is 10.6 Å². The summed E-state index contributed by atoms with van der Waals surface area (Å²) >= 11 is 1.70. The molecular weight excluding hydrogens is 220 g/mol. The molecule has 0 saturated heterocycles. The Morgan fingerprint density at radius 1 is 1.62 bits per heavy atom. The third-order valence-corrected chi connectivity index (χ3v) is 3.75. The molecule has 3 nitrogen and oxygen atoms in total. The average molecular weight is 240 g/mol. The predicted molar refractivity (Wildman–Crippen MR) is 68.4 cm³/mol. The Balaban J connectivity index is 2.55. The predicted octanol–water partition coefficient (Wildman–Crippen LogP) is 2.00. The lowest BCUT2D eigenvalue weighted by atomic mass is 10.1. The molecule has 1 rings (SSSR count). The van der Waals surface area contributed by atoms with Crippen LogP contribution in [0.25, 0.3) is 0 Å². The van der Waals surface area contributed by atoms with Gasteiger partial charge in [-0.2, -0.15) is 0 Å². The maximum Gasteiger partial charge on any atom is 0.225 e. The van der Waals surface area contributed by atoms with Crippen LogP contribution < -0.4 is 5.73 Å². The molecule has 1 amide bonds. The van der Waals surface area contributed by atoms with E-state index in [9.17, 15) is 4.79 Å². The number of rotatable bonds is 5. The maximum atomic E-state index is 11.9. The quantitative estimate of drug-likeness (QED) is 0.855. The van der Waals surface area contributed by atoms with Crippen LogP contribution in [-0.2, 0) is 11.3 Å². The van der Waals surface area contributed by atoms with Crippen LogP contribution in [0.15, 0.2) is 11.4 Å². The zero-order chi connectivity index (χ0) is 12.1. The number of amides is 1. The fourth-order valence-electron chi connectivity index (χ4n) is 1.61. The highest BCUT2D eigenvalue weighted by molar-refractivity contribution is 7.10. The van der Waals surface area contributed by atoms with Crippen molar-refractivity contribution < 1.29 is 4.79 Å². The molecular formula is C12H20N2OS. The van der Waals surface area contributed by atoms with Crippen molar-refractivity contribution in [1.29, 1.82) is 0 Å². The van der Waals surface area contributed by atoms with Gasteiger partial charge in [0, 0.05) is 17.8 Å². The summed E-state index contributed by atoms with van der Waals surface area (Å²) in [7, 11) is 1.86. The van der Waals surface area contributed by atoms with Crippen molar-refractivity contribution in [3.8, 4) is 0 Å². The molecule has 90 valence electrons. The second-order valence-electron chi connectivity index (χ2n) is 4.20. The normalized spacial score (nSPS) is 12.5. The van der Waals surface area contributed by atoms with E-state index in [1.807, 2.05) is 14.0 Å². The summed E-state index contributed by atoms with van der Waals surface area (Å²) in [5, 5.41) is 2.06. The van der Waals surface area contributed by atoms with Crippen LogP contribution in [0.5, 0.6) is 0 Å². The van der Waals surface area contributed by atoms with Crippen molar-refractivity contribution in [3.05, 3.63) is 21.9 Å². The molecule has 0 spiro atoms. The Kier molecular flexibility index (Phi) is 4.96. The maximum absolute atomic E-state index is 11.9. The number of nitrogens with zero attached hydrogens (tertiary/aromatic N) is 1. The highest BCUT2D eigenvalue weighted by atomic mass is 32.1. The van der Waals surface area contributed by atoms with E-state index in [0.29, 0.717) is 13.1 Å². The first kappa shape index (κ1) is 13.2. The highest BCUT2D eigenvalue weighted by Crippen LogP contribution is 2.18. The van der Waals surface area contributed by atoms with E-state index in [1.165, 1.54) is 10.4 Å². The van der Waals surface area contributed by atoms with E-state index in [4.69, 9.17) is 5.73 Å². The summed E-state index contributed by atoms with van der Waals surface area (Å²) in [6.45, 7) is 5.29. The van der Waals surface area contributed by atoms with Gasteiger partial charge in [0.25, 0.3) is 0 Å². The van der Waals surface area contributed by atoms with Gasteiger partial charge >= 0.3 is 0 Å². The summed E-state index contributed by atoms with van der Waals surface area (Å²) in [6.07, 6.45) is 0.757. The molecule has 0 aromatic carbocycles. The van der Waals surface area contributed by atoms with Gasteiger partial charge in [-0.15, -0.1) is 11.3 Å². The highest BCUT2D eigenvalue weighted by Gasteiger charge is 2.17. The van der Waals surface area contributed by atoms with Gasteiger partial charge in [0.2, 0.25) is 5.91 Å². The van der Waals surface area contributed by atoms with Crippen molar-refractivity contribution in [2.24, 2.45) is 11.7 Å². The number of hydrogen-bond acceptors (Lipinski definition) is 3. The molecule has 16 heavy (non-hydrogen) atoms. The zero-order valence-corrected chi connectivity index (χ0v) is 11.0. The van der Waals surface area contributed by atoms with E-state index in [0.717, 1.165) is 6.42 Å². The Morgan fingerprint density at radius 3 is 2.81 bits per heavy atom. The summed E-state index contributed by atoms with van der Waals surface area (Å²) in [5.41, 5.74) is 6.72. The molecule has 1 atom stereocenters. The molecule has 0 aliphatic carbocycles. The van der Waals surface area contributed by atoms with Crippen LogP contribution in [0.1, 0.15) is 23.8 Å². The molecule has 4 heteroatoms. The first-order valence-electron chi connectivity index (χ1n) is 5.54. The van der Waals surface area contributed by atoms with Crippen LogP contribution in [-0.4, -0.2) is 24.4 Å². The number of carbonyl (C=O) groups excluding carboxylic acids is 1. The first-order valence-corrected chi connectivity index (χ1v) is 6.42. The molecule has 1 aromatic heterocycles.